The fraction of sp³-hybridized carbons (Fsp3) is 0.381. The number of carbonyl (C=O) groups excluding carboxylic acids is 1. The van der Waals surface area contributed by atoms with E-state index in [-0.39, 0.29) is 30.3 Å². The Morgan fingerprint density at radius 3 is 2.27 bits per heavy atom. The molecule has 0 heterocycles. The molecule has 2 aromatic rings. The Kier molecular flexibility index (Phi) is 8.41. The molecule has 164 valence electrons. The van der Waals surface area contributed by atoms with Gasteiger partial charge in [0.25, 0.3) is 0 Å². The Labute approximate surface area is 188 Å². The van der Waals surface area contributed by atoms with E-state index in [9.17, 15) is 13.2 Å². The predicted molar refractivity (Wildman–Crippen MR) is 122 cm³/mol. The number of amides is 1. The lowest BCUT2D eigenvalue weighted by molar-refractivity contribution is -0.122. The van der Waals surface area contributed by atoms with Crippen LogP contribution in [-0.2, 0) is 14.8 Å². The average Bonchev–Trinajstić information content (AvgIpc) is 2.63. The Morgan fingerprint density at radius 2 is 1.73 bits per heavy atom. The van der Waals surface area contributed by atoms with Crippen LogP contribution < -0.4 is 14.4 Å². The second kappa shape index (κ2) is 10.4. The van der Waals surface area contributed by atoms with Gasteiger partial charge in [-0.1, -0.05) is 36.2 Å². The third kappa shape index (κ3) is 6.52. The van der Waals surface area contributed by atoms with Crippen molar-refractivity contribution in [2.75, 3.05) is 23.7 Å². The Bertz CT molecular complexity index is 992. The topological polar surface area (TPSA) is 75.7 Å². The zero-order valence-electron chi connectivity index (χ0n) is 17.4. The molecule has 6 nitrogen and oxygen atoms in total. The number of anilines is 1. The van der Waals surface area contributed by atoms with Crippen molar-refractivity contribution < 1.29 is 17.9 Å². The van der Waals surface area contributed by atoms with E-state index < -0.39 is 22.0 Å². The molecule has 2 aromatic carbocycles. The van der Waals surface area contributed by atoms with Crippen LogP contribution in [0.3, 0.4) is 0 Å². The SMILES string of the molecule is CC[C@@H](C(=O)NCCOc1cc(C)cc(C)c1)N(c1ccc(Cl)c(Cl)c1)S(C)(=O)=O. The van der Waals surface area contributed by atoms with Crippen molar-refractivity contribution in [1.82, 2.24) is 5.32 Å². The first-order chi connectivity index (χ1) is 14.0. The summed E-state index contributed by atoms with van der Waals surface area (Å²) in [6.45, 7) is 6.20. The molecule has 1 amide bonds. The van der Waals surface area contributed by atoms with Crippen LogP contribution >= 0.6 is 23.2 Å². The van der Waals surface area contributed by atoms with Crippen LogP contribution in [0.25, 0.3) is 0 Å². The summed E-state index contributed by atoms with van der Waals surface area (Å²) in [7, 11) is -3.75. The zero-order valence-corrected chi connectivity index (χ0v) is 19.7. The van der Waals surface area contributed by atoms with Crippen LogP contribution in [0.1, 0.15) is 24.5 Å². The fourth-order valence-corrected chi connectivity index (χ4v) is 4.66. The lowest BCUT2D eigenvalue weighted by Gasteiger charge is -2.30. The van der Waals surface area contributed by atoms with Gasteiger partial charge in [0.15, 0.2) is 0 Å². The Morgan fingerprint density at radius 1 is 1.10 bits per heavy atom. The summed E-state index contributed by atoms with van der Waals surface area (Å²) in [4.78, 5) is 12.8. The van der Waals surface area contributed by atoms with Gasteiger partial charge in [-0.3, -0.25) is 9.10 Å². The maximum absolute atomic E-state index is 12.8. The predicted octanol–water partition coefficient (Wildman–Crippen LogP) is 4.35. The van der Waals surface area contributed by atoms with Crippen LogP contribution in [0.4, 0.5) is 5.69 Å². The molecular weight excluding hydrogens is 447 g/mol. The molecule has 0 spiro atoms. The molecule has 0 radical (unpaired) electrons. The number of hydrogen-bond acceptors (Lipinski definition) is 4. The van der Waals surface area contributed by atoms with Crippen LogP contribution in [0.5, 0.6) is 5.75 Å². The van der Waals surface area contributed by atoms with E-state index in [1.54, 1.807) is 6.92 Å². The van der Waals surface area contributed by atoms with E-state index in [1.807, 2.05) is 32.0 Å². The third-order valence-corrected chi connectivity index (χ3v) is 6.27. The van der Waals surface area contributed by atoms with Crippen molar-refractivity contribution in [3.05, 3.63) is 57.6 Å². The van der Waals surface area contributed by atoms with Gasteiger partial charge in [-0.25, -0.2) is 8.42 Å². The number of benzene rings is 2. The molecule has 1 atom stereocenters. The lowest BCUT2D eigenvalue weighted by Crippen LogP contribution is -2.50. The lowest BCUT2D eigenvalue weighted by atomic mass is 10.1. The highest BCUT2D eigenvalue weighted by Gasteiger charge is 2.31. The second-order valence-corrected chi connectivity index (χ2v) is 9.72. The normalized spacial score (nSPS) is 12.3. The van der Waals surface area contributed by atoms with Gasteiger partial charge in [-0.05, 0) is 61.7 Å². The monoisotopic (exact) mass is 472 g/mol. The number of hydrogen-bond donors (Lipinski definition) is 1. The summed E-state index contributed by atoms with van der Waals surface area (Å²) in [5.74, 6) is 0.306. The van der Waals surface area contributed by atoms with Crippen molar-refractivity contribution >= 4 is 44.8 Å². The molecule has 0 fully saturated rings. The number of carbonyl (C=O) groups is 1. The summed E-state index contributed by atoms with van der Waals surface area (Å²) in [6, 6.07) is 9.40. The number of aryl methyl sites for hydroxylation is 2. The summed E-state index contributed by atoms with van der Waals surface area (Å²) >= 11 is 12.0. The minimum Gasteiger partial charge on any atom is -0.492 e. The molecule has 0 aromatic heterocycles. The number of nitrogens with zero attached hydrogens (tertiary/aromatic N) is 1. The van der Waals surface area contributed by atoms with E-state index in [2.05, 4.69) is 5.32 Å². The molecule has 0 aliphatic rings. The van der Waals surface area contributed by atoms with E-state index >= 15 is 0 Å². The minimum absolute atomic E-state index is 0.208. The van der Waals surface area contributed by atoms with Gasteiger partial charge in [-0.15, -0.1) is 0 Å². The van der Waals surface area contributed by atoms with Crippen LogP contribution in [0.15, 0.2) is 36.4 Å². The smallest absolute Gasteiger partial charge is 0.244 e. The van der Waals surface area contributed by atoms with Crippen molar-refractivity contribution in [2.45, 2.75) is 33.2 Å². The molecule has 0 aliphatic carbocycles. The molecule has 0 saturated heterocycles. The molecule has 0 aliphatic heterocycles. The molecule has 0 saturated carbocycles. The first-order valence-corrected chi connectivity index (χ1v) is 12.1. The summed E-state index contributed by atoms with van der Waals surface area (Å²) in [6.07, 6.45) is 1.33. The standard InChI is InChI=1S/C21H26Cl2N2O4S/c1-5-20(25(30(4,27)28)16-6-7-18(22)19(23)13-16)21(26)24-8-9-29-17-11-14(2)10-15(3)12-17/h6-7,10-13,20H,5,8-9H2,1-4H3,(H,24,26)/t20-/m0/s1. The number of halogens is 2. The molecular formula is C21H26Cl2N2O4S. The van der Waals surface area contributed by atoms with Gasteiger partial charge in [0, 0.05) is 0 Å². The number of sulfonamides is 1. The average molecular weight is 473 g/mol. The van der Waals surface area contributed by atoms with Crippen LogP contribution in [0.2, 0.25) is 10.0 Å². The molecule has 0 unspecified atom stereocenters. The first kappa shape index (κ1) is 24.3. The zero-order chi connectivity index (χ0) is 22.5. The Hall–Kier alpha value is -1.96. The highest BCUT2D eigenvalue weighted by Crippen LogP contribution is 2.30. The highest BCUT2D eigenvalue weighted by molar-refractivity contribution is 7.92. The number of nitrogens with one attached hydrogen (secondary N) is 1. The fourth-order valence-electron chi connectivity index (χ4n) is 3.16. The minimum atomic E-state index is -3.75. The van der Waals surface area contributed by atoms with Gasteiger partial charge in [0.1, 0.15) is 18.4 Å². The van der Waals surface area contributed by atoms with Gasteiger partial charge in [0.2, 0.25) is 15.9 Å². The van der Waals surface area contributed by atoms with Crippen molar-refractivity contribution in [2.24, 2.45) is 0 Å². The van der Waals surface area contributed by atoms with Gasteiger partial charge >= 0.3 is 0 Å². The quantitative estimate of drug-likeness (QED) is 0.550. The summed E-state index contributed by atoms with van der Waals surface area (Å²) < 4.78 is 31.7. The van der Waals surface area contributed by atoms with Gasteiger partial charge in [0.05, 0.1) is 28.5 Å². The highest BCUT2D eigenvalue weighted by atomic mass is 35.5. The molecule has 1 N–H and O–H groups in total. The van der Waals surface area contributed by atoms with E-state index in [4.69, 9.17) is 27.9 Å². The summed E-state index contributed by atoms with van der Waals surface area (Å²) in [5, 5.41) is 3.26. The van der Waals surface area contributed by atoms with Gasteiger partial charge < -0.3 is 10.1 Å². The molecule has 2 rings (SSSR count). The number of rotatable bonds is 9. The van der Waals surface area contributed by atoms with Crippen molar-refractivity contribution in [3.63, 3.8) is 0 Å². The molecule has 30 heavy (non-hydrogen) atoms. The van der Waals surface area contributed by atoms with Crippen molar-refractivity contribution in [3.8, 4) is 5.75 Å². The van der Waals surface area contributed by atoms with Gasteiger partial charge in [-0.2, -0.15) is 0 Å². The second-order valence-electron chi connectivity index (χ2n) is 7.04. The van der Waals surface area contributed by atoms with Crippen LogP contribution in [0, 0.1) is 13.8 Å². The van der Waals surface area contributed by atoms with Crippen molar-refractivity contribution in [1.29, 1.82) is 0 Å². The third-order valence-electron chi connectivity index (χ3n) is 4.35. The maximum atomic E-state index is 12.8. The summed E-state index contributed by atoms with van der Waals surface area (Å²) in [5.41, 5.74) is 2.45. The maximum Gasteiger partial charge on any atom is 0.244 e. The van der Waals surface area contributed by atoms with E-state index in [1.165, 1.54) is 18.2 Å². The van der Waals surface area contributed by atoms with Crippen LogP contribution in [-0.4, -0.2) is 39.8 Å². The first-order valence-electron chi connectivity index (χ1n) is 9.46. The number of ether oxygens (including phenoxy) is 1. The largest absolute Gasteiger partial charge is 0.492 e. The van der Waals surface area contributed by atoms with E-state index in [0.29, 0.717) is 5.02 Å². The van der Waals surface area contributed by atoms with E-state index in [0.717, 1.165) is 27.4 Å². The molecule has 0 bridgehead atoms. The Balaban J connectivity index is 2.09. The molecule has 9 heteroatoms.